The van der Waals surface area contributed by atoms with E-state index in [0.29, 0.717) is 5.57 Å². The maximum absolute atomic E-state index is 11.7. The summed E-state index contributed by atoms with van der Waals surface area (Å²) in [6, 6.07) is 0. The van der Waals surface area contributed by atoms with E-state index >= 15 is 0 Å². The Kier molecular flexibility index (Phi) is 5.44. The molecule has 0 aromatic carbocycles. The van der Waals surface area contributed by atoms with Crippen LogP contribution in [0.15, 0.2) is 35.5 Å². The minimum atomic E-state index is -0.300. The predicted octanol–water partition coefficient (Wildman–Crippen LogP) is 4.33. The van der Waals surface area contributed by atoms with Gasteiger partial charge in [0.1, 0.15) is 0 Å². The highest BCUT2D eigenvalue weighted by molar-refractivity contribution is 5.91. The van der Waals surface area contributed by atoms with Crippen LogP contribution in [0, 0.1) is 17.8 Å². The van der Waals surface area contributed by atoms with Crippen molar-refractivity contribution in [3.8, 4) is 11.8 Å². The Labute approximate surface area is 128 Å². The van der Waals surface area contributed by atoms with Gasteiger partial charge in [0.05, 0.1) is 0 Å². The first-order chi connectivity index (χ1) is 10.1. The molecule has 0 unspecified atom stereocenters. The molecular formula is C19H24O2. The molecule has 112 valence electrons. The lowest BCUT2D eigenvalue weighted by atomic mass is 9.90. The summed E-state index contributed by atoms with van der Waals surface area (Å²) in [5.41, 5.74) is 3.39. The van der Waals surface area contributed by atoms with E-state index in [4.69, 9.17) is 4.74 Å². The van der Waals surface area contributed by atoms with E-state index in [1.54, 1.807) is 0 Å². The Morgan fingerprint density at radius 2 is 1.90 bits per heavy atom. The highest BCUT2D eigenvalue weighted by atomic mass is 16.5. The van der Waals surface area contributed by atoms with Crippen molar-refractivity contribution in [2.24, 2.45) is 5.92 Å². The average Bonchev–Trinajstić information content (AvgIpc) is 2.71. The third-order valence-corrected chi connectivity index (χ3v) is 4.20. The van der Waals surface area contributed by atoms with Gasteiger partial charge in [0, 0.05) is 17.9 Å². The second-order valence-corrected chi connectivity index (χ2v) is 6.00. The largest absolute Gasteiger partial charge is 0.445 e. The second-order valence-electron chi connectivity index (χ2n) is 6.00. The summed E-state index contributed by atoms with van der Waals surface area (Å²) in [4.78, 5) is 11.7. The number of ether oxygens (including phenoxy) is 1. The molecule has 0 N–H and O–H groups in total. The van der Waals surface area contributed by atoms with Crippen molar-refractivity contribution >= 4 is 5.97 Å². The summed E-state index contributed by atoms with van der Waals surface area (Å²) in [6.45, 7) is 8.23. The number of esters is 1. The average molecular weight is 284 g/mol. The molecule has 1 aliphatic heterocycles. The monoisotopic (exact) mass is 284 g/mol. The highest BCUT2D eigenvalue weighted by Crippen LogP contribution is 2.31. The van der Waals surface area contributed by atoms with Gasteiger partial charge in [-0.25, -0.2) is 4.79 Å². The molecule has 2 aliphatic rings. The van der Waals surface area contributed by atoms with Crippen LogP contribution in [0.3, 0.4) is 0 Å². The summed E-state index contributed by atoms with van der Waals surface area (Å²) in [5, 5.41) is 0. The lowest BCUT2D eigenvalue weighted by Gasteiger charge is -2.13. The predicted molar refractivity (Wildman–Crippen MR) is 85.5 cm³/mol. The summed E-state index contributed by atoms with van der Waals surface area (Å²) in [7, 11) is 0. The minimum absolute atomic E-state index is 0.0496. The highest BCUT2D eigenvalue weighted by Gasteiger charge is 2.37. The second kappa shape index (κ2) is 7.31. The first-order valence-electron chi connectivity index (χ1n) is 7.77. The fourth-order valence-corrected chi connectivity index (χ4v) is 2.76. The Balaban J connectivity index is 2.15. The number of carbonyl (C=O) groups is 1. The lowest BCUT2D eigenvalue weighted by molar-refractivity contribution is -0.137. The van der Waals surface area contributed by atoms with Gasteiger partial charge in [0.2, 0.25) is 0 Å². The SMILES string of the molecule is C=C1C(=O)O[C@@H]2C#CCC/C=C(\C)CC/C=C(\C)CC[C@H]12. The molecular weight excluding hydrogens is 260 g/mol. The summed E-state index contributed by atoms with van der Waals surface area (Å²) < 4.78 is 5.35. The van der Waals surface area contributed by atoms with Gasteiger partial charge in [-0.3, -0.25) is 0 Å². The van der Waals surface area contributed by atoms with Gasteiger partial charge in [-0.05, 0) is 46.0 Å². The van der Waals surface area contributed by atoms with Gasteiger partial charge in [0.15, 0.2) is 6.10 Å². The molecule has 0 radical (unpaired) electrons. The molecule has 1 saturated heterocycles. The molecule has 2 nitrogen and oxygen atoms in total. The molecule has 1 heterocycles. The number of hydrogen-bond acceptors (Lipinski definition) is 2. The quantitative estimate of drug-likeness (QED) is 0.286. The minimum Gasteiger partial charge on any atom is -0.445 e. The lowest BCUT2D eigenvalue weighted by Crippen LogP contribution is -2.14. The zero-order valence-electron chi connectivity index (χ0n) is 13.1. The maximum atomic E-state index is 11.7. The standard InChI is InChI=1S/C19H24O2/c1-14-8-5-4-6-11-18-17(16(3)19(20)21-18)13-12-15(2)10-7-9-14/h8,10,17-18H,3-5,7,9,12-13H2,1-2H3/b14-8+,15-10+/t17-,18-/m1/s1. The van der Waals surface area contributed by atoms with Crippen LogP contribution in [0.25, 0.3) is 0 Å². The number of fused-ring (bicyclic) bond motifs is 1. The van der Waals surface area contributed by atoms with Crippen molar-refractivity contribution in [2.45, 2.75) is 58.5 Å². The van der Waals surface area contributed by atoms with Crippen LogP contribution in [-0.2, 0) is 9.53 Å². The third-order valence-electron chi connectivity index (χ3n) is 4.20. The van der Waals surface area contributed by atoms with E-state index in [9.17, 15) is 4.79 Å². The topological polar surface area (TPSA) is 26.3 Å². The maximum Gasteiger partial charge on any atom is 0.335 e. The molecule has 0 bridgehead atoms. The van der Waals surface area contributed by atoms with Crippen LogP contribution in [0.1, 0.15) is 52.4 Å². The third kappa shape index (κ3) is 4.36. The Bertz CT molecular complexity index is 540. The Morgan fingerprint density at radius 3 is 2.71 bits per heavy atom. The first-order valence-corrected chi connectivity index (χ1v) is 7.77. The van der Waals surface area contributed by atoms with E-state index in [2.05, 4.69) is 44.4 Å². The molecule has 0 aromatic heterocycles. The fourth-order valence-electron chi connectivity index (χ4n) is 2.76. The molecule has 0 amide bonds. The van der Waals surface area contributed by atoms with Crippen molar-refractivity contribution in [3.63, 3.8) is 0 Å². The van der Waals surface area contributed by atoms with Crippen molar-refractivity contribution < 1.29 is 9.53 Å². The first kappa shape index (κ1) is 15.6. The van der Waals surface area contributed by atoms with E-state index in [1.807, 2.05) is 0 Å². The molecule has 0 spiro atoms. The molecule has 21 heavy (non-hydrogen) atoms. The van der Waals surface area contributed by atoms with Crippen molar-refractivity contribution in [1.82, 2.24) is 0 Å². The van der Waals surface area contributed by atoms with Crippen LogP contribution < -0.4 is 0 Å². The molecule has 0 aromatic rings. The molecule has 2 heteroatoms. The van der Waals surface area contributed by atoms with Gasteiger partial charge in [0.25, 0.3) is 0 Å². The van der Waals surface area contributed by atoms with Gasteiger partial charge in [-0.1, -0.05) is 41.7 Å². The van der Waals surface area contributed by atoms with Gasteiger partial charge < -0.3 is 4.74 Å². The zero-order valence-corrected chi connectivity index (χ0v) is 13.1. The van der Waals surface area contributed by atoms with Crippen LogP contribution in [0.4, 0.5) is 0 Å². The van der Waals surface area contributed by atoms with Crippen LogP contribution in [0.5, 0.6) is 0 Å². The molecule has 1 aliphatic carbocycles. The molecule has 2 atom stereocenters. The van der Waals surface area contributed by atoms with Crippen molar-refractivity contribution in [1.29, 1.82) is 0 Å². The Morgan fingerprint density at radius 1 is 1.19 bits per heavy atom. The normalized spacial score (nSPS) is 32.5. The summed E-state index contributed by atoms with van der Waals surface area (Å²) in [5.74, 6) is 6.05. The number of carbonyl (C=O) groups excluding carboxylic acids is 1. The smallest absolute Gasteiger partial charge is 0.335 e. The number of allylic oxidation sites excluding steroid dienone is 4. The van der Waals surface area contributed by atoms with Gasteiger partial charge in [-0.15, -0.1) is 0 Å². The van der Waals surface area contributed by atoms with Gasteiger partial charge in [-0.2, -0.15) is 0 Å². The number of hydrogen-bond donors (Lipinski definition) is 0. The summed E-state index contributed by atoms with van der Waals surface area (Å²) >= 11 is 0. The van der Waals surface area contributed by atoms with Crippen molar-refractivity contribution in [2.75, 3.05) is 0 Å². The molecule has 2 rings (SSSR count). The van der Waals surface area contributed by atoms with E-state index in [1.165, 1.54) is 11.1 Å². The molecule has 1 fully saturated rings. The van der Waals surface area contributed by atoms with Crippen LogP contribution in [-0.4, -0.2) is 12.1 Å². The Hall–Kier alpha value is -1.75. The van der Waals surface area contributed by atoms with E-state index in [0.717, 1.165) is 38.5 Å². The summed E-state index contributed by atoms with van der Waals surface area (Å²) in [6.07, 6.45) is 10.1. The van der Waals surface area contributed by atoms with E-state index < -0.39 is 0 Å². The van der Waals surface area contributed by atoms with E-state index in [-0.39, 0.29) is 18.0 Å². The molecule has 0 saturated carbocycles. The van der Waals surface area contributed by atoms with Crippen LogP contribution >= 0.6 is 0 Å². The fraction of sp³-hybridized carbons (Fsp3) is 0.526. The van der Waals surface area contributed by atoms with Crippen molar-refractivity contribution in [3.05, 3.63) is 35.5 Å². The van der Waals surface area contributed by atoms with Gasteiger partial charge >= 0.3 is 5.97 Å². The number of rotatable bonds is 0. The zero-order chi connectivity index (χ0) is 15.2. The van der Waals surface area contributed by atoms with Crippen LogP contribution in [0.2, 0.25) is 0 Å².